The number of amidine groups is 1. The van der Waals surface area contributed by atoms with Crippen LogP contribution in [0, 0.1) is 20.2 Å². The number of nitro groups is 2. The van der Waals surface area contributed by atoms with Crippen LogP contribution in [0.15, 0.2) is 54.9 Å². The molecule has 15 heteroatoms. The normalized spacial score (nSPS) is 15.0. The van der Waals surface area contributed by atoms with Crippen molar-refractivity contribution in [2.24, 2.45) is 15.2 Å². The molecule has 0 fully saturated rings. The summed E-state index contributed by atoms with van der Waals surface area (Å²) in [5.41, 5.74) is -1.10. The van der Waals surface area contributed by atoms with E-state index in [1.165, 1.54) is 0 Å². The van der Waals surface area contributed by atoms with Crippen LogP contribution in [0.5, 0.6) is 11.6 Å². The van der Waals surface area contributed by atoms with Gasteiger partial charge in [-0.2, -0.15) is 4.99 Å². The summed E-state index contributed by atoms with van der Waals surface area (Å²) in [5.74, 6) is -1.87. The van der Waals surface area contributed by atoms with Crippen molar-refractivity contribution in [3.63, 3.8) is 0 Å². The number of azo groups is 1. The molecule has 1 aromatic heterocycles. The number of H-pyrrole nitrogens is 1. The number of aromatic amines is 1. The Bertz CT molecular complexity index is 1460. The Morgan fingerprint density at radius 3 is 2.58 bits per heavy atom. The first-order valence-corrected chi connectivity index (χ1v) is 10.4. The molecular formula is C18H9BrN6O7S. The lowest BCUT2D eigenvalue weighted by molar-refractivity contribution is -0.394. The lowest BCUT2D eigenvalue weighted by Crippen LogP contribution is -1.96. The van der Waals surface area contributed by atoms with Crippen molar-refractivity contribution in [1.82, 2.24) is 4.98 Å². The summed E-state index contributed by atoms with van der Waals surface area (Å²) in [7, 11) is 0. The number of halogens is 1. The zero-order chi connectivity index (χ0) is 23.9. The van der Waals surface area contributed by atoms with Crippen LogP contribution in [0.3, 0.4) is 0 Å². The van der Waals surface area contributed by atoms with Crippen molar-refractivity contribution < 1.29 is 24.9 Å². The van der Waals surface area contributed by atoms with Crippen LogP contribution in [0.4, 0.5) is 17.1 Å². The third-order valence-electron chi connectivity index (χ3n) is 4.36. The number of aliphatic imine (C=N–C) groups is 1. The number of phenolic OH excluding ortho intramolecular Hbond substituents is 1. The van der Waals surface area contributed by atoms with Crippen LogP contribution in [0.1, 0.15) is 5.56 Å². The van der Waals surface area contributed by atoms with E-state index in [-0.39, 0.29) is 27.2 Å². The number of nitrogens with one attached hydrogen (secondary N) is 1. The lowest BCUT2D eigenvalue weighted by Gasteiger charge is -2.02. The maximum Gasteiger partial charge on any atom is 0.318 e. The monoisotopic (exact) mass is 532 g/mol. The maximum absolute atomic E-state index is 12.2. The number of nitrogens with zero attached hydrogens (tertiary/aromatic N) is 5. The van der Waals surface area contributed by atoms with Gasteiger partial charge >= 0.3 is 5.69 Å². The second-order valence-electron chi connectivity index (χ2n) is 6.44. The Kier molecular flexibility index (Phi) is 5.65. The highest BCUT2D eigenvalue weighted by Crippen LogP contribution is 2.40. The van der Waals surface area contributed by atoms with Gasteiger partial charge in [0, 0.05) is 21.5 Å². The Morgan fingerprint density at radius 2 is 1.88 bits per heavy atom. The molecule has 1 aliphatic rings. The predicted octanol–water partition coefficient (Wildman–Crippen LogP) is 4.91. The van der Waals surface area contributed by atoms with Crippen molar-refractivity contribution in [3.05, 3.63) is 65.5 Å². The predicted molar refractivity (Wildman–Crippen MR) is 122 cm³/mol. The minimum Gasteiger partial charge on any atom is -0.502 e. The summed E-state index contributed by atoms with van der Waals surface area (Å²) in [6, 6.07) is 6.69. The van der Waals surface area contributed by atoms with E-state index in [1.54, 1.807) is 18.2 Å². The number of amides is 1. The van der Waals surface area contributed by atoms with Gasteiger partial charge in [0.25, 0.3) is 11.6 Å². The fraction of sp³-hybridized carbons (Fsp3) is 0. The summed E-state index contributed by atoms with van der Waals surface area (Å²) in [5, 5.41) is 50.6. The third-order valence-corrected chi connectivity index (χ3v) is 5.72. The van der Waals surface area contributed by atoms with Crippen LogP contribution in [0.2, 0.25) is 0 Å². The molecule has 2 aromatic carbocycles. The highest BCUT2D eigenvalue weighted by Gasteiger charge is 2.27. The lowest BCUT2D eigenvalue weighted by atomic mass is 10.1. The molecule has 2 heterocycles. The number of non-ortho nitro benzene ring substituents is 1. The Balaban J connectivity index is 1.65. The molecule has 4 rings (SSSR count). The first kappa shape index (κ1) is 22.1. The Morgan fingerprint density at radius 1 is 1.12 bits per heavy atom. The average molecular weight is 533 g/mol. The second-order valence-corrected chi connectivity index (χ2v) is 8.36. The maximum atomic E-state index is 12.2. The molecule has 1 amide bonds. The first-order valence-electron chi connectivity index (χ1n) is 8.74. The summed E-state index contributed by atoms with van der Waals surface area (Å²) < 4.78 is 0.740. The third kappa shape index (κ3) is 4.31. The van der Waals surface area contributed by atoms with Crippen LogP contribution >= 0.6 is 27.7 Å². The summed E-state index contributed by atoms with van der Waals surface area (Å²) in [4.78, 5) is 38.9. The number of aromatic nitrogens is 1. The summed E-state index contributed by atoms with van der Waals surface area (Å²) >= 11 is 4.06. The van der Waals surface area contributed by atoms with E-state index in [9.17, 15) is 35.2 Å². The number of benzene rings is 2. The quantitative estimate of drug-likeness (QED) is 0.182. The summed E-state index contributed by atoms with van der Waals surface area (Å²) in [6.07, 6.45) is 1.04. The molecule has 1 aliphatic heterocycles. The van der Waals surface area contributed by atoms with Crippen molar-refractivity contribution in [1.29, 1.82) is 0 Å². The fourth-order valence-corrected chi connectivity index (χ4v) is 3.98. The number of hydrogen-bond acceptors (Lipinski definition) is 10. The molecular weight excluding hydrogens is 524 g/mol. The number of phenols is 1. The van der Waals surface area contributed by atoms with Crippen LogP contribution in [0.25, 0.3) is 17.0 Å². The van der Waals surface area contributed by atoms with Gasteiger partial charge in [-0.15, -0.1) is 10.2 Å². The Labute approximate surface area is 195 Å². The van der Waals surface area contributed by atoms with Gasteiger partial charge in [0.2, 0.25) is 16.8 Å². The van der Waals surface area contributed by atoms with Gasteiger partial charge in [0.05, 0.1) is 26.3 Å². The van der Waals surface area contributed by atoms with Gasteiger partial charge in [0.15, 0.2) is 5.69 Å². The standard InChI is InChI=1S/C18H9BrN6O7S/c19-8-1-2-11-10(5-8)14(17(28)20-11)22-23-18-21-16(27)13(33-18)4-7-3-9(24(29)30)6-12(15(7)26)25(31)32/h1-6,20,26,28H/b13-4+,23-22?. The van der Waals surface area contributed by atoms with Gasteiger partial charge in [-0.3, -0.25) is 25.0 Å². The molecule has 3 aromatic rings. The SMILES string of the molecule is O=C1N=C(N=Nc2c(O)[nH]c3ccc(Br)cc23)S/C1=C/c1cc([N+](=O)[O-])cc([N+](=O)[O-])c1O. The van der Waals surface area contributed by atoms with Gasteiger partial charge in [-0.05, 0) is 36.0 Å². The van der Waals surface area contributed by atoms with Gasteiger partial charge < -0.3 is 15.2 Å². The molecule has 3 N–H and O–H groups in total. The molecule has 0 saturated heterocycles. The fourth-order valence-electron chi connectivity index (χ4n) is 2.89. The van der Waals surface area contributed by atoms with Crippen molar-refractivity contribution >= 4 is 72.8 Å². The highest BCUT2D eigenvalue weighted by atomic mass is 79.9. The van der Waals surface area contributed by atoms with Crippen molar-refractivity contribution in [2.75, 3.05) is 0 Å². The highest BCUT2D eigenvalue weighted by molar-refractivity contribution is 9.10. The van der Waals surface area contributed by atoms with Gasteiger partial charge in [-0.25, -0.2) is 0 Å². The van der Waals surface area contributed by atoms with E-state index in [1.807, 2.05) is 0 Å². The number of carbonyl (C=O) groups excluding carboxylic acids is 1. The number of thioether (sulfide) groups is 1. The van der Waals surface area contributed by atoms with Crippen molar-refractivity contribution in [3.8, 4) is 11.6 Å². The Hall–Kier alpha value is -4.11. The smallest absolute Gasteiger partial charge is 0.318 e. The molecule has 0 aliphatic carbocycles. The van der Waals surface area contributed by atoms with Crippen molar-refractivity contribution in [2.45, 2.75) is 0 Å². The molecule has 0 unspecified atom stereocenters. The largest absolute Gasteiger partial charge is 0.502 e. The summed E-state index contributed by atoms with van der Waals surface area (Å²) in [6.45, 7) is 0. The number of hydrogen-bond donors (Lipinski definition) is 3. The number of carbonyl (C=O) groups is 1. The number of fused-ring (bicyclic) bond motifs is 1. The van der Waals surface area contributed by atoms with E-state index in [0.29, 0.717) is 17.0 Å². The minimum absolute atomic E-state index is 0.0973. The minimum atomic E-state index is -0.976. The first-order chi connectivity index (χ1) is 15.6. The average Bonchev–Trinajstić information content (AvgIpc) is 3.25. The van der Waals surface area contributed by atoms with Crippen LogP contribution < -0.4 is 0 Å². The van der Waals surface area contributed by atoms with E-state index < -0.39 is 32.9 Å². The van der Waals surface area contributed by atoms with E-state index in [2.05, 4.69) is 36.1 Å². The van der Waals surface area contributed by atoms with E-state index >= 15 is 0 Å². The molecule has 0 bridgehead atoms. The number of nitro benzene ring substituents is 2. The van der Waals surface area contributed by atoms with E-state index in [4.69, 9.17) is 0 Å². The van der Waals surface area contributed by atoms with Crippen LogP contribution in [-0.2, 0) is 4.79 Å². The topological polar surface area (TPSA) is 197 Å². The van der Waals surface area contributed by atoms with Gasteiger partial charge in [0.1, 0.15) is 0 Å². The molecule has 33 heavy (non-hydrogen) atoms. The van der Waals surface area contributed by atoms with Crippen LogP contribution in [-0.4, -0.2) is 36.1 Å². The molecule has 0 radical (unpaired) electrons. The molecule has 0 saturated carbocycles. The molecule has 0 atom stereocenters. The molecule has 0 spiro atoms. The zero-order valence-electron chi connectivity index (χ0n) is 15.9. The van der Waals surface area contributed by atoms with E-state index in [0.717, 1.165) is 28.4 Å². The number of aromatic hydroxyl groups is 2. The van der Waals surface area contributed by atoms with Gasteiger partial charge in [-0.1, -0.05) is 15.9 Å². The zero-order valence-corrected chi connectivity index (χ0v) is 18.3. The molecule has 13 nitrogen and oxygen atoms in total. The second kappa shape index (κ2) is 8.44. The molecule has 166 valence electrons. The number of rotatable bonds is 4.